The molecule has 0 radical (unpaired) electrons. The second-order valence-electron chi connectivity index (χ2n) is 5.61. The number of nitriles is 1. The van der Waals surface area contributed by atoms with Crippen LogP contribution in [0.4, 0.5) is 5.69 Å². The lowest BCUT2D eigenvalue weighted by Gasteiger charge is -2.25. The van der Waals surface area contributed by atoms with Crippen molar-refractivity contribution in [3.63, 3.8) is 0 Å². The minimum absolute atomic E-state index is 0.131. The first-order valence-electron chi connectivity index (χ1n) is 7.81. The molecule has 2 aromatic carbocycles. The van der Waals surface area contributed by atoms with E-state index < -0.39 is 0 Å². The van der Waals surface area contributed by atoms with E-state index in [0.717, 1.165) is 24.2 Å². The third-order valence-electron chi connectivity index (χ3n) is 4.17. The molecule has 1 aliphatic rings. The van der Waals surface area contributed by atoms with Gasteiger partial charge in [0.1, 0.15) is 0 Å². The van der Waals surface area contributed by atoms with Crippen LogP contribution in [0.3, 0.4) is 0 Å². The largest absolute Gasteiger partial charge is 0.349 e. The summed E-state index contributed by atoms with van der Waals surface area (Å²) in [6.45, 7) is 3.02. The van der Waals surface area contributed by atoms with Gasteiger partial charge in [0, 0.05) is 22.7 Å². The number of ether oxygens (including phenoxy) is 1. The van der Waals surface area contributed by atoms with Gasteiger partial charge in [-0.2, -0.15) is 5.26 Å². The minimum Gasteiger partial charge on any atom is -0.349 e. The third kappa shape index (κ3) is 3.36. The van der Waals surface area contributed by atoms with E-state index in [0.29, 0.717) is 5.56 Å². The summed E-state index contributed by atoms with van der Waals surface area (Å²) in [6.07, 6.45) is 3.14. The summed E-state index contributed by atoms with van der Waals surface area (Å²) in [5.41, 5.74) is 2.86. The Morgan fingerprint density at radius 3 is 2.70 bits per heavy atom. The zero-order valence-electron chi connectivity index (χ0n) is 13.4. The third-order valence-corrected chi connectivity index (χ3v) is 4.91. The van der Waals surface area contributed by atoms with Gasteiger partial charge < -0.3 is 9.64 Å². The van der Waals surface area contributed by atoms with Crippen molar-refractivity contribution >= 4 is 17.4 Å². The van der Waals surface area contributed by atoms with Gasteiger partial charge in [-0.15, -0.1) is 11.8 Å². The topological polar surface area (TPSA) is 36.3 Å². The zero-order valence-corrected chi connectivity index (χ0v) is 14.2. The molecule has 2 unspecified atom stereocenters. The van der Waals surface area contributed by atoms with Crippen LogP contribution in [0.15, 0.2) is 53.4 Å². The Kier molecular flexibility index (Phi) is 4.90. The van der Waals surface area contributed by atoms with Crippen molar-refractivity contribution in [2.24, 2.45) is 0 Å². The fourth-order valence-electron chi connectivity index (χ4n) is 2.87. The molecular weight excluding hydrogens is 304 g/mol. The highest BCUT2D eigenvalue weighted by molar-refractivity contribution is 7.98. The summed E-state index contributed by atoms with van der Waals surface area (Å²) in [4.78, 5) is 3.54. The minimum atomic E-state index is -0.131. The second-order valence-corrected chi connectivity index (χ2v) is 6.49. The molecule has 1 saturated heterocycles. The van der Waals surface area contributed by atoms with Gasteiger partial charge in [-0.05, 0) is 49.1 Å². The van der Waals surface area contributed by atoms with E-state index in [1.54, 1.807) is 11.8 Å². The molecule has 0 bridgehead atoms. The van der Waals surface area contributed by atoms with Crippen LogP contribution in [-0.4, -0.2) is 18.9 Å². The van der Waals surface area contributed by atoms with E-state index in [1.807, 2.05) is 24.3 Å². The lowest BCUT2D eigenvalue weighted by atomic mass is 10.1. The highest BCUT2D eigenvalue weighted by Crippen LogP contribution is 2.36. The number of hydrogen-bond donors (Lipinski definition) is 0. The van der Waals surface area contributed by atoms with Crippen molar-refractivity contribution in [1.29, 1.82) is 5.26 Å². The molecule has 0 saturated carbocycles. The molecule has 0 amide bonds. The zero-order chi connectivity index (χ0) is 16.2. The van der Waals surface area contributed by atoms with Gasteiger partial charge in [0.2, 0.25) is 0 Å². The van der Waals surface area contributed by atoms with Crippen molar-refractivity contribution in [3.8, 4) is 6.07 Å². The Morgan fingerprint density at radius 1 is 1.26 bits per heavy atom. The van der Waals surface area contributed by atoms with Crippen LogP contribution >= 0.6 is 11.8 Å². The van der Waals surface area contributed by atoms with Gasteiger partial charge in [-0.3, -0.25) is 0 Å². The van der Waals surface area contributed by atoms with Crippen molar-refractivity contribution < 1.29 is 4.74 Å². The highest BCUT2D eigenvalue weighted by atomic mass is 32.2. The van der Waals surface area contributed by atoms with Gasteiger partial charge in [0.25, 0.3) is 0 Å². The molecule has 1 heterocycles. The monoisotopic (exact) mass is 324 g/mol. The lowest BCUT2D eigenvalue weighted by Crippen LogP contribution is -2.24. The first-order valence-corrected chi connectivity index (χ1v) is 9.04. The number of hydrogen-bond acceptors (Lipinski definition) is 4. The lowest BCUT2D eigenvalue weighted by molar-refractivity contribution is 0.0462. The number of benzene rings is 2. The van der Waals surface area contributed by atoms with Crippen LogP contribution in [0.5, 0.6) is 0 Å². The SMILES string of the molecule is CCC1CN(c2ccc(SC)cc2)C(c2cccc(C#N)c2)O1. The Hall–Kier alpha value is -1.96. The summed E-state index contributed by atoms with van der Waals surface area (Å²) < 4.78 is 6.23. The smallest absolute Gasteiger partial charge is 0.157 e. The molecule has 4 heteroatoms. The average Bonchev–Trinajstić information content (AvgIpc) is 3.06. The summed E-state index contributed by atoms with van der Waals surface area (Å²) >= 11 is 1.74. The van der Waals surface area contributed by atoms with Gasteiger partial charge in [0.15, 0.2) is 6.23 Å². The van der Waals surface area contributed by atoms with E-state index >= 15 is 0 Å². The molecule has 3 rings (SSSR count). The second kappa shape index (κ2) is 7.08. The van der Waals surface area contributed by atoms with Crippen LogP contribution in [0.2, 0.25) is 0 Å². The van der Waals surface area contributed by atoms with Gasteiger partial charge >= 0.3 is 0 Å². The maximum absolute atomic E-state index is 9.14. The van der Waals surface area contributed by atoms with E-state index in [1.165, 1.54) is 4.90 Å². The van der Waals surface area contributed by atoms with Gasteiger partial charge in [0.05, 0.1) is 17.7 Å². The predicted molar refractivity (Wildman–Crippen MR) is 94.6 cm³/mol. The highest BCUT2D eigenvalue weighted by Gasteiger charge is 2.33. The first kappa shape index (κ1) is 15.9. The Bertz CT molecular complexity index is 708. The average molecular weight is 324 g/mol. The summed E-state index contributed by atoms with van der Waals surface area (Å²) in [7, 11) is 0. The Morgan fingerprint density at radius 2 is 2.04 bits per heavy atom. The molecule has 3 nitrogen and oxygen atoms in total. The standard InChI is InChI=1S/C19H20N2OS/c1-3-17-13-21(16-7-9-18(23-2)10-8-16)19(22-17)15-6-4-5-14(11-15)12-20/h4-11,17,19H,3,13H2,1-2H3. The van der Waals surface area contributed by atoms with Crippen molar-refractivity contribution in [2.45, 2.75) is 30.6 Å². The molecule has 2 atom stereocenters. The summed E-state index contributed by atoms with van der Waals surface area (Å²) in [5.74, 6) is 0. The van der Waals surface area contributed by atoms with E-state index in [2.05, 4.69) is 48.4 Å². The summed E-state index contributed by atoms with van der Waals surface area (Å²) in [6, 6.07) is 18.5. The molecular formula is C19H20N2OS. The van der Waals surface area contributed by atoms with Crippen LogP contribution in [-0.2, 0) is 4.74 Å². The molecule has 0 spiro atoms. The fourth-order valence-corrected chi connectivity index (χ4v) is 3.28. The van der Waals surface area contributed by atoms with Gasteiger partial charge in [-0.1, -0.05) is 19.1 Å². The van der Waals surface area contributed by atoms with E-state index in [9.17, 15) is 0 Å². The van der Waals surface area contributed by atoms with Crippen molar-refractivity contribution in [3.05, 3.63) is 59.7 Å². The number of nitrogens with zero attached hydrogens (tertiary/aromatic N) is 2. The van der Waals surface area contributed by atoms with Crippen LogP contribution < -0.4 is 4.90 Å². The molecule has 1 aliphatic heterocycles. The normalized spacial score (nSPS) is 20.5. The molecule has 0 aromatic heterocycles. The van der Waals surface area contributed by atoms with Crippen molar-refractivity contribution in [1.82, 2.24) is 0 Å². The van der Waals surface area contributed by atoms with Crippen LogP contribution in [0, 0.1) is 11.3 Å². The van der Waals surface area contributed by atoms with E-state index in [4.69, 9.17) is 10.00 Å². The molecule has 1 fully saturated rings. The predicted octanol–water partition coefficient (Wildman–Crippen LogP) is 4.59. The van der Waals surface area contributed by atoms with Crippen LogP contribution in [0.25, 0.3) is 0 Å². The Labute approximate surface area is 141 Å². The van der Waals surface area contributed by atoms with E-state index in [-0.39, 0.29) is 12.3 Å². The summed E-state index contributed by atoms with van der Waals surface area (Å²) in [5, 5.41) is 9.14. The Balaban J connectivity index is 1.93. The maximum atomic E-state index is 9.14. The quantitative estimate of drug-likeness (QED) is 0.771. The van der Waals surface area contributed by atoms with Crippen molar-refractivity contribution in [2.75, 3.05) is 17.7 Å². The maximum Gasteiger partial charge on any atom is 0.157 e. The fraction of sp³-hybridized carbons (Fsp3) is 0.316. The molecule has 0 aliphatic carbocycles. The van der Waals surface area contributed by atoms with Crippen LogP contribution in [0.1, 0.15) is 30.7 Å². The molecule has 23 heavy (non-hydrogen) atoms. The number of thioether (sulfide) groups is 1. The number of rotatable bonds is 4. The molecule has 118 valence electrons. The van der Waals surface area contributed by atoms with Gasteiger partial charge in [-0.25, -0.2) is 0 Å². The molecule has 0 N–H and O–H groups in total. The molecule has 2 aromatic rings. The number of anilines is 1. The first-order chi connectivity index (χ1) is 11.2.